The molecule has 0 saturated carbocycles. The van der Waals surface area contributed by atoms with Gasteiger partial charge in [-0.3, -0.25) is 0 Å². The number of rotatable bonds is 5. The fourth-order valence-electron chi connectivity index (χ4n) is 1.83. The molecule has 2 rings (SSSR count). The van der Waals surface area contributed by atoms with Gasteiger partial charge < -0.3 is 9.84 Å². The lowest BCUT2D eigenvalue weighted by Gasteiger charge is -2.03. The molecular weight excluding hydrogens is 262 g/mol. The van der Waals surface area contributed by atoms with Crippen LogP contribution in [-0.4, -0.2) is 23.2 Å². The Hall–Kier alpha value is -1.72. The smallest absolute Gasteiger partial charge is 0.356 e. The first kappa shape index (κ1) is 13.7. The second-order valence-corrected chi connectivity index (χ2v) is 5.16. The molecule has 0 amide bonds. The molecule has 1 aromatic heterocycles. The van der Waals surface area contributed by atoms with Crippen LogP contribution in [0.2, 0.25) is 0 Å². The van der Waals surface area contributed by atoms with Crippen LogP contribution in [0.1, 0.15) is 28.0 Å². The van der Waals surface area contributed by atoms with Gasteiger partial charge in [-0.2, -0.15) is 0 Å². The average Bonchev–Trinajstić information content (AvgIpc) is 2.84. The Morgan fingerprint density at radius 3 is 2.89 bits per heavy atom. The van der Waals surface area contributed by atoms with Gasteiger partial charge in [0.1, 0.15) is 0 Å². The zero-order valence-corrected chi connectivity index (χ0v) is 11.7. The van der Waals surface area contributed by atoms with Crippen LogP contribution in [-0.2, 0) is 17.8 Å². The summed E-state index contributed by atoms with van der Waals surface area (Å²) in [5.74, 6) is -0.983. The number of ether oxygens (including phenoxy) is 1. The molecule has 2 aromatic rings. The lowest BCUT2D eigenvalue weighted by Crippen LogP contribution is -1.99. The van der Waals surface area contributed by atoms with Crippen molar-refractivity contribution < 1.29 is 14.6 Å². The molecule has 0 atom stereocenters. The summed E-state index contributed by atoms with van der Waals surface area (Å²) in [6.45, 7) is 2.48. The number of hydrogen-bond acceptors (Lipinski definition) is 4. The van der Waals surface area contributed by atoms with Gasteiger partial charge in [0.15, 0.2) is 5.69 Å². The average molecular weight is 277 g/mol. The molecule has 0 radical (unpaired) electrons. The number of carboxylic acid groups (broad SMARTS) is 1. The zero-order chi connectivity index (χ0) is 13.8. The molecule has 1 aromatic carbocycles. The quantitative estimate of drug-likeness (QED) is 0.911. The number of hydrogen-bond donors (Lipinski definition) is 1. The van der Waals surface area contributed by atoms with Crippen LogP contribution < -0.4 is 0 Å². The summed E-state index contributed by atoms with van der Waals surface area (Å²) < 4.78 is 5.09. The standard InChI is InChI=1S/C14H15NO3S/c1-3-11-15-12(14(16)17)13(19-11)10-6-4-5-9(7-10)8-18-2/h4-7H,3,8H2,1-2H3,(H,16,17). The van der Waals surface area contributed by atoms with E-state index in [-0.39, 0.29) is 5.69 Å². The van der Waals surface area contributed by atoms with E-state index in [9.17, 15) is 9.90 Å². The molecule has 0 aliphatic carbocycles. The topological polar surface area (TPSA) is 59.4 Å². The highest BCUT2D eigenvalue weighted by Gasteiger charge is 2.18. The molecule has 0 unspecified atom stereocenters. The van der Waals surface area contributed by atoms with Gasteiger partial charge >= 0.3 is 5.97 Å². The maximum Gasteiger partial charge on any atom is 0.356 e. The Morgan fingerprint density at radius 1 is 1.47 bits per heavy atom. The van der Waals surface area contributed by atoms with E-state index in [1.165, 1.54) is 11.3 Å². The van der Waals surface area contributed by atoms with Crippen molar-refractivity contribution in [1.29, 1.82) is 0 Å². The molecular formula is C14H15NO3S. The normalized spacial score (nSPS) is 10.6. The fraction of sp³-hybridized carbons (Fsp3) is 0.286. The van der Waals surface area contributed by atoms with Crippen molar-refractivity contribution in [2.75, 3.05) is 7.11 Å². The molecule has 4 nitrogen and oxygen atoms in total. The third-order valence-electron chi connectivity index (χ3n) is 2.68. The number of nitrogens with zero attached hydrogens (tertiary/aromatic N) is 1. The lowest BCUT2D eigenvalue weighted by molar-refractivity contribution is 0.0692. The third-order valence-corrected chi connectivity index (χ3v) is 3.93. The van der Waals surface area contributed by atoms with Crippen LogP contribution in [0.5, 0.6) is 0 Å². The molecule has 0 fully saturated rings. The maximum absolute atomic E-state index is 11.3. The predicted molar refractivity (Wildman–Crippen MR) is 74.6 cm³/mol. The minimum atomic E-state index is -0.983. The minimum Gasteiger partial charge on any atom is -0.476 e. The molecule has 0 aliphatic rings. The molecule has 5 heteroatoms. The summed E-state index contributed by atoms with van der Waals surface area (Å²) in [4.78, 5) is 16.1. The molecule has 1 heterocycles. The third kappa shape index (κ3) is 3.00. The molecule has 0 bridgehead atoms. The second kappa shape index (κ2) is 5.95. The van der Waals surface area contributed by atoms with Crippen molar-refractivity contribution in [2.24, 2.45) is 0 Å². The molecule has 0 spiro atoms. The number of carboxylic acids is 1. The monoisotopic (exact) mass is 277 g/mol. The van der Waals surface area contributed by atoms with Crippen molar-refractivity contribution in [3.05, 3.63) is 40.5 Å². The maximum atomic E-state index is 11.3. The van der Waals surface area contributed by atoms with Crippen LogP contribution in [0.4, 0.5) is 0 Å². The van der Waals surface area contributed by atoms with Crippen LogP contribution in [0.3, 0.4) is 0 Å². The van der Waals surface area contributed by atoms with Gasteiger partial charge in [0, 0.05) is 7.11 Å². The highest BCUT2D eigenvalue weighted by molar-refractivity contribution is 7.15. The van der Waals surface area contributed by atoms with Crippen molar-refractivity contribution in [3.63, 3.8) is 0 Å². The summed E-state index contributed by atoms with van der Waals surface area (Å²) in [7, 11) is 1.64. The first-order chi connectivity index (χ1) is 9.15. The van der Waals surface area contributed by atoms with E-state index in [0.717, 1.165) is 22.6 Å². The SMILES string of the molecule is CCc1nc(C(=O)O)c(-c2cccc(COC)c2)s1. The number of methoxy groups -OCH3 is 1. The summed E-state index contributed by atoms with van der Waals surface area (Å²) in [5.41, 5.74) is 2.03. The van der Waals surface area contributed by atoms with Gasteiger partial charge in [-0.15, -0.1) is 11.3 Å². The van der Waals surface area contributed by atoms with Crippen LogP contribution in [0, 0.1) is 0 Å². The van der Waals surface area contributed by atoms with Crippen molar-refractivity contribution in [3.8, 4) is 10.4 Å². The largest absolute Gasteiger partial charge is 0.476 e. The van der Waals surface area contributed by atoms with E-state index in [4.69, 9.17) is 4.74 Å². The van der Waals surface area contributed by atoms with E-state index in [1.807, 2.05) is 31.2 Å². The number of aromatic carboxylic acids is 1. The van der Waals surface area contributed by atoms with Crippen LogP contribution in [0.15, 0.2) is 24.3 Å². The van der Waals surface area contributed by atoms with Crippen molar-refractivity contribution in [1.82, 2.24) is 4.98 Å². The van der Waals surface area contributed by atoms with Gasteiger partial charge in [0.05, 0.1) is 16.5 Å². The summed E-state index contributed by atoms with van der Waals surface area (Å²) >= 11 is 1.43. The van der Waals surface area contributed by atoms with Gasteiger partial charge in [-0.05, 0) is 23.6 Å². The lowest BCUT2D eigenvalue weighted by atomic mass is 10.1. The Bertz CT molecular complexity index is 592. The predicted octanol–water partition coefficient (Wildman–Crippen LogP) is 3.22. The van der Waals surface area contributed by atoms with E-state index in [2.05, 4.69) is 4.98 Å². The van der Waals surface area contributed by atoms with E-state index >= 15 is 0 Å². The fourth-order valence-corrected chi connectivity index (χ4v) is 2.82. The summed E-state index contributed by atoms with van der Waals surface area (Å²) in [5, 5.41) is 10.1. The minimum absolute atomic E-state index is 0.136. The Kier molecular flexibility index (Phi) is 4.29. The molecule has 100 valence electrons. The number of thiazole rings is 1. The number of carbonyl (C=O) groups is 1. The molecule has 0 saturated heterocycles. The first-order valence-corrected chi connectivity index (χ1v) is 6.78. The molecule has 1 N–H and O–H groups in total. The van der Waals surface area contributed by atoms with Gasteiger partial charge in [0.25, 0.3) is 0 Å². The number of benzene rings is 1. The first-order valence-electron chi connectivity index (χ1n) is 5.97. The van der Waals surface area contributed by atoms with E-state index in [0.29, 0.717) is 11.5 Å². The number of aryl methyl sites for hydroxylation is 1. The van der Waals surface area contributed by atoms with E-state index in [1.54, 1.807) is 7.11 Å². The second-order valence-electron chi connectivity index (χ2n) is 4.08. The number of aromatic nitrogens is 1. The van der Waals surface area contributed by atoms with Gasteiger partial charge in [-0.1, -0.05) is 25.1 Å². The Balaban J connectivity index is 2.48. The highest BCUT2D eigenvalue weighted by Crippen LogP contribution is 2.31. The molecule has 19 heavy (non-hydrogen) atoms. The van der Waals surface area contributed by atoms with Gasteiger partial charge in [-0.25, -0.2) is 9.78 Å². The van der Waals surface area contributed by atoms with Crippen molar-refractivity contribution >= 4 is 17.3 Å². The summed E-state index contributed by atoms with van der Waals surface area (Å²) in [6.07, 6.45) is 0.739. The Morgan fingerprint density at radius 2 is 2.26 bits per heavy atom. The zero-order valence-electron chi connectivity index (χ0n) is 10.8. The van der Waals surface area contributed by atoms with E-state index < -0.39 is 5.97 Å². The summed E-state index contributed by atoms with van der Waals surface area (Å²) in [6, 6.07) is 7.71. The van der Waals surface area contributed by atoms with Crippen LogP contribution in [0.25, 0.3) is 10.4 Å². The van der Waals surface area contributed by atoms with Crippen LogP contribution >= 0.6 is 11.3 Å². The molecule has 0 aliphatic heterocycles. The van der Waals surface area contributed by atoms with Gasteiger partial charge in [0.2, 0.25) is 0 Å². The highest BCUT2D eigenvalue weighted by atomic mass is 32.1. The van der Waals surface area contributed by atoms with Crippen molar-refractivity contribution in [2.45, 2.75) is 20.0 Å². The Labute approximate surface area is 115 Å².